The van der Waals surface area contributed by atoms with E-state index in [1.54, 1.807) is 6.92 Å². The van der Waals surface area contributed by atoms with Crippen LogP contribution in [0.4, 0.5) is 17.5 Å². The Morgan fingerprint density at radius 2 is 1.79 bits per heavy atom. The van der Waals surface area contributed by atoms with E-state index in [1.807, 2.05) is 66.2 Å². The topological polar surface area (TPSA) is 85.8 Å². The Morgan fingerprint density at radius 3 is 2.50 bits per heavy atom. The maximum Gasteiger partial charge on any atom is 0.273 e. The molecule has 5 rings (SSSR count). The van der Waals surface area contributed by atoms with Crippen molar-refractivity contribution in [3.05, 3.63) is 47.9 Å². The van der Waals surface area contributed by atoms with Gasteiger partial charge >= 0.3 is 0 Å². The number of benzene rings is 1. The van der Waals surface area contributed by atoms with Crippen LogP contribution in [0.5, 0.6) is 0 Å². The maximum atomic E-state index is 13.3. The summed E-state index contributed by atoms with van der Waals surface area (Å²) in [5.41, 5.74) is 2.21. The molecule has 0 unspecified atom stereocenters. The molecule has 34 heavy (non-hydrogen) atoms. The number of hydrogen-bond acceptors (Lipinski definition) is 7. The summed E-state index contributed by atoms with van der Waals surface area (Å²) < 4.78 is 0. The second kappa shape index (κ2) is 8.55. The number of carbonyl (C=O) groups excluding carboxylic acids is 2. The molecule has 0 atom stereocenters. The largest absolute Gasteiger partial charge is 0.339 e. The molecule has 2 amide bonds. The lowest BCUT2D eigenvalue weighted by atomic mass is 10.1. The average molecular weight is 460 g/mol. The molecule has 176 valence electrons. The molecule has 0 bridgehead atoms. The highest BCUT2D eigenvalue weighted by Crippen LogP contribution is 2.37. The van der Waals surface area contributed by atoms with E-state index in [9.17, 15) is 9.59 Å². The first-order chi connectivity index (χ1) is 16.3. The van der Waals surface area contributed by atoms with E-state index in [4.69, 9.17) is 9.97 Å². The first-order valence-corrected chi connectivity index (χ1v) is 11.6. The number of nitrogens with zero attached hydrogens (tertiary/aromatic N) is 7. The van der Waals surface area contributed by atoms with Crippen LogP contribution in [0.25, 0.3) is 10.8 Å². The van der Waals surface area contributed by atoms with Crippen molar-refractivity contribution in [2.24, 2.45) is 0 Å². The van der Waals surface area contributed by atoms with Gasteiger partial charge in [-0.3, -0.25) is 14.6 Å². The minimum Gasteiger partial charge on any atom is -0.339 e. The van der Waals surface area contributed by atoms with Gasteiger partial charge in [-0.05, 0) is 13.8 Å². The molecule has 0 aliphatic carbocycles. The third kappa shape index (κ3) is 3.70. The van der Waals surface area contributed by atoms with Gasteiger partial charge in [0.25, 0.3) is 5.91 Å². The van der Waals surface area contributed by atoms with E-state index in [2.05, 4.69) is 16.0 Å². The van der Waals surface area contributed by atoms with Gasteiger partial charge in [0.1, 0.15) is 11.5 Å². The molecule has 9 nitrogen and oxygen atoms in total. The Bertz CT molecular complexity index is 1260. The minimum absolute atomic E-state index is 0.0571. The molecule has 3 aromatic rings. The molecular weight excluding hydrogens is 430 g/mol. The van der Waals surface area contributed by atoms with Crippen LogP contribution >= 0.6 is 0 Å². The molecule has 4 heterocycles. The highest BCUT2D eigenvalue weighted by atomic mass is 16.2. The first-order valence-electron chi connectivity index (χ1n) is 11.6. The number of carbonyl (C=O) groups is 2. The zero-order valence-electron chi connectivity index (χ0n) is 20.0. The predicted molar refractivity (Wildman–Crippen MR) is 131 cm³/mol. The summed E-state index contributed by atoms with van der Waals surface area (Å²) in [6.07, 6.45) is 3.68. The second-order valence-corrected chi connectivity index (χ2v) is 9.13. The molecular formula is C25H29N7O2. The van der Waals surface area contributed by atoms with E-state index in [0.717, 1.165) is 22.0 Å². The average Bonchev–Trinajstić information content (AvgIpc) is 3.19. The van der Waals surface area contributed by atoms with Gasteiger partial charge in [-0.1, -0.05) is 24.3 Å². The van der Waals surface area contributed by atoms with Crippen LogP contribution in [0.3, 0.4) is 0 Å². The van der Waals surface area contributed by atoms with Crippen molar-refractivity contribution < 1.29 is 9.59 Å². The number of fused-ring (bicyclic) bond motifs is 2. The summed E-state index contributed by atoms with van der Waals surface area (Å²) in [5, 5.41) is 2.10. The number of pyridine rings is 1. The quantitative estimate of drug-likeness (QED) is 0.593. The van der Waals surface area contributed by atoms with Crippen molar-refractivity contribution in [3.8, 4) is 0 Å². The number of anilines is 3. The lowest BCUT2D eigenvalue weighted by Gasteiger charge is -2.34. The molecule has 1 aromatic carbocycles. The van der Waals surface area contributed by atoms with Crippen LogP contribution in [-0.2, 0) is 11.3 Å². The maximum absolute atomic E-state index is 13.3. The fourth-order valence-electron chi connectivity index (χ4n) is 4.70. The molecule has 2 aliphatic rings. The van der Waals surface area contributed by atoms with Crippen molar-refractivity contribution >= 4 is 40.0 Å². The number of amides is 2. The van der Waals surface area contributed by atoms with Gasteiger partial charge in [-0.2, -0.15) is 4.98 Å². The van der Waals surface area contributed by atoms with Crippen LogP contribution < -0.4 is 9.80 Å². The smallest absolute Gasteiger partial charge is 0.273 e. The lowest BCUT2D eigenvalue weighted by Crippen LogP contribution is -2.48. The number of hydrogen-bond donors (Lipinski definition) is 0. The van der Waals surface area contributed by atoms with Gasteiger partial charge in [0.2, 0.25) is 11.9 Å². The van der Waals surface area contributed by atoms with E-state index >= 15 is 0 Å². The monoisotopic (exact) mass is 459 g/mol. The number of piperazine rings is 1. The van der Waals surface area contributed by atoms with Crippen LogP contribution in [0.15, 0.2) is 36.7 Å². The van der Waals surface area contributed by atoms with E-state index in [-0.39, 0.29) is 17.9 Å². The summed E-state index contributed by atoms with van der Waals surface area (Å²) >= 11 is 0. The van der Waals surface area contributed by atoms with Crippen LogP contribution in [-0.4, -0.2) is 75.8 Å². The third-order valence-electron chi connectivity index (χ3n) is 6.72. The Balaban J connectivity index is 1.59. The zero-order chi connectivity index (χ0) is 24.0. The fourth-order valence-corrected chi connectivity index (χ4v) is 4.70. The first kappa shape index (κ1) is 22.1. The highest BCUT2D eigenvalue weighted by Gasteiger charge is 2.36. The van der Waals surface area contributed by atoms with Gasteiger partial charge in [-0.25, -0.2) is 4.98 Å². The summed E-state index contributed by atoms with van der Waals surface area (Å²) in [4.78, 5) is 46.9. The molecule has 0 saturated carbocycles. The molecule has 0 radical (unpaired) electrons. The minimum atomic E-state index is -0.0679. The molecule has 2 aromatic heterocycles. The normalized spacial score (nSPS) is 15.9. The summed E-state index contributed by atoms with van der Waals surface area (Å²) in [7, 11) is 1.96. The summed E-state index contributed by atoms with van der Waals surface area (Å²) in [6.45, 7) is 8.56. The second-order valence-electron chi connectivity index (χ2n) is 9.13. The van der Waals surface area contributed by atoms with Crippen molar-refractivity contribution in [1.82, 2.24) is 24.8 Å². The van der Waals surface area contributed by atoms with Crippen molar-refractivity contribution in [3.63, 3.8) is 0 Å². The molecule has 0 N–H and O–H groups in total. The Kier molecular flexibility index (Phi) is 5.55. The molecule has 2 aliphatic heterocycles. The van der Waals surface area contributed by atoms with Crippen molar-refractivity contribution in [2.45, 2.75) is 33.4 Å². The number of rotatable bonds is 4. The predicted octanol–water partition coefficient (Wildman–Crippen LogP) is 2.83. The summed E-state index contributed by atoms with van der Waals surface area (Å²) in [5.74, 6) is 1.24. The van der Waals surface area contributed by atoms with Crippen molar-refractivity contribution in [1.29, 1.82) is 0 Å². The third-order valence-corrected chi connectivity index (χ3v) is 6.72. The van der Waals surface area contributed by atoms with Crippen LogP contribution in [0, 0.1) is 0 Å². The molecule has 1 fully saturated rings. The SMILES string of the molecule is CC(=O)N1CCN(c2nc3c(c(N(C)c4cncc5ccccc45)n2)CN(C(C)C)C3=O)CC1. The highest BCUT2D eigenvalue weighted by molar-refractivity contribution is 6.00. The molecule has 0 spiro atoms. The van der Waals surface area contributed by atoms with Gasteiger partial charge in [0.15, 0.2) is 0 Å². The standard InChI is InChI=1S/C25H29N7O2/c1-16(2)32-15-20-22(24(32)34)27-25(31-11-9-30(10-12-31)17(3)33)28-23(20)29(4)21-14-26-13-18-7-5-6-8-19(18)21/h5-8,13-14,16H,9-12,15H2,1-4H3. The Hall–Kier alpha value is -3.75. The van der Waals surface area contributed by atoms with Gasteiger partial charge in [0.05, 0.1) is 18.4 Å². The van der Waals surface area contributed by atoms with Gasteiger partial charge < -0.3 is 19.6 Å². The summed E-state index contributed by atoms with van der Waals surface area (Å²) in [6, 6.07) is 8.16. The van der Waals surface area contributed by atoms with E-state index < -0.39 is 0 Å². The molecule has 1 saturated heterocycles. The van der Waals surface area contributed by atoms with E-state index in [0.29, 0.717) is 50.2 Å². The fraction of sp³-hybridized carbons (Fsp3) is 0.400. The van der Waals surface area contributed by atoms with Crippen molar-refractivity contribution in [2.75, 3.05) is 43.0 Å². The Labute approximate surface area is 199 Å². The lowest BCUT2D eigenvalue weighted by molar-refractivity contribution is -0.129. The van der Waals surface area contributed by atoms with Gasteiger partial charge in [-0.15, -0.1) is 0 Å². The van der Waals surface area contributed by atoms with Crippen LogP contribution in [0.2, 0.25) is 0 Å². The zero-order valence-corrected chi connectivity index (χ0v) is 20.0. The molecule has 9 heteroatoms. The van der Waals surface area contributed by atoms with E-state index in [1.165, 1.54) is 0 Å². The van der Waals surface area contributed by atoms with Gasteiger partial charge in [0, 0.05) is 68.7 Å². The van der Waals surface area contributed by atoms with Crippen LogP contribution in [0.1, 0.15) is 36.8 Å². The Morgan fingerprint density at radius 1 is 1.06 bits per heavy atom. The number of aromatic nitrogens is 3.